The number of nitrogens with one attached hydrogen (secondary N) is 1. The summed E-state index contributed by atoms with van der Waals surface area (Å²) in [6, 6.07) is 4.67. The first-order valence-corrected chi connectivity index (χ1v) is 7.18. The van der Waals surface area contributed by atoms with Crippen molar-refractivity contribution in [1.82, 2.24) is 4.90 Å². The third-order valence-electron chi connectivity index (χ3n) is 3.64. The highest BCUT2D eigenvalue weighted by molar-refractivity contribution is 5.89. The molecule has 1 saturated heterocycles. The fourth-order valence-corrected chi connectivity index (χ4v) is 2.35. The van der Waals surface area contributed by atoms with Gasteiger partial charge >= 0.3 is 6.03 Å². The van der Waals surface area contributed by atoms with Crippen LogP contribution in [0.15, 0.2) is 18.2 Å². The summed E-state index contributed by atoms with van der Waals surface area (Å²) in [5, 5.41) is 11.8. The van der Waals surface area contributed by atoms with E-state index in [1.54, 1.807) is 24.0 Å². The second-order valence-corrected chi connectivity index (χ2v) is 5.40. The summed E-state index contributed by atoms with van der Waals surface area (Å²) >= 11 is 0. The maximum absolute atomic E-state index is 12.2. The highest BCUT2D eigenvalue weighted by atomic mass is 19.3. The Kier molecular flexibility index (Phi) is 5.54. The number of halogens is 2. The Morgan fingerprint density at radius 2 is 2.32 bits per heavy atom. The number of urea groups is 1. The van der Waals surface area contributed by atoms with Crippen molar-refractivity contribution in [2.75, 3.05) is 31.6 Å². The van der Waals surface area contributed by atoms with Crippen molar-refractivity contribution >= 4 is 11.7 Å². The van der Waals surface area contributed by atoms with E-state index in [-0.39, 0.29) is 18.6 Å². The van der Waals surface area contributed by atoms with Crippen LogP contribution in [0.1, 0.15) is 12.0 Å². The van der Waals surface area contributed by atoms with Crippen LogP contribution in [0.3, 0.4) is 0 Å². The summed E-state index contributed by atoms with van der Waals surface area (Å²) < 4.78 is 29.5. The largest absolute Gasteiger partial charge is 0.487 e. The number of hydrogen-bond acceptors (Lipinski definition) is 3. The zero-order chi connectivity index (χ0) is 16.1. The molecular weight excluding hydrogens is 294 g/mol. The molecule has 0 aromatic heterocycles. The molecule has 22 heavy (non-hydrogen) atoms. The molecule has 0 aliphatic carbocycles. The Hall–Kier alpha value is -1.89. The first-order chi connectivity index (χ1) is 10.5. The molecule has 7 heteroatoms. The fourth-order valence-electron chi connectivity index (χ4n) is 2.35. The molecule has 1 aromatic rings. The van der Waals surface area contributed by atoms with Gasteiger partial charge in [0, 0.05) is 37.4 Å². The monoisotopic (exact) mass is 314 g/mol. The fraction of sp³-hybridized carbons (Fsp3) is 0.533. The van der Waals surface area contributed by atoms with Crippen LogP contribution in [0.25, 0.3) is 0 Å². The lowest BCUT2D eigenvalue weighted by Crippen LogP contribution is -2.33. The van der Waals surface area contributed by atoms with Crippen molar-refractivity contribution in [1.29, 1.82) is 0 Å². The van der Waals surface area contributed by atoms with Gasteiger partial charge in [0.2, 0.25) is 0 Å². The number of alkyl halides is 2. The van der Waals surface area contributed by atoms with E-state index >= 15 is 0 Å². The number of likely N-dealkylation sites (tertiary alicyclic amines) is 1. The number of rotatable bonds is 5. The van der Waals surface area contributed by atoms with Gasteiger partial charge in [0.15, 0.2) is 0 Å². The minimum Gasteiger partial charge on any atom is -0.487 e. The highest BCUT2D eigenvalue weighted by Gasteiger charge is 2.25. The van der Waals surface area contributed by atoms with Crippen LogP contribution in [-0.4, -0.2) is 48.8 Å². The molecule has 0 radical (unpaired) electrons. The van der Waals surface area contributed by atoms with Gasteiger partial charge in [0.25, 0.3) is 6.43 Å². The highest BCUT2D eigenvalue weighted by Crippen LogP contribution is 2.24. The van der Waals surface area contributed by atoms with Crippen molar-refractivity contribution in [2.24, 2.45) is 5.92 Å². The number of benzene rings is 1. The lowest BCUT2D eigenvalue weighted by Gasteiger charge is -2.18. The summed E-state index contributed by atoms with van der Waals surface area (Å²) in [4.78, 5) is 13.7. The maximum Gasteiger partial charge on any atom is 0.321 e. The Labute approximate surface area is 127 Å². The Bertz CT molecular complexity index is 526. The van der Waals surface area contributed by atoms with Gasteiger partial charge in [-0.2, -0.15) is 0 Å². The lowest BCUT2D eigenvalue weighted by atomic mass is 10.1. The zero-order valence-corrected chi connectivity index (χ0v) is 12.4. The molecule has 2 N–H and O–H groups in total. The molecule has 122 valence electrons. The molecule has 0 spiro atoms. The Balaban J connectivity index is 1.97. The van der Waals surface area contributed by atoms with Crippen molar-refractivity contribution in [3.05, 3.63) is 23.8 Å². The number of aryl methyl sites for hydroxylation is 1. The first kappa shape index (κ1) is 16.5. The van der Waals surface area contributed by atoms with Gasteiger partial charge in [0.1, 0.15) is 12.4 Å². The SMILES string of the molecule is Cc1ccc(NC(=O)N2CCC(CO)C2)cc1OCC(F)F. The molecule has 0 saturated carbocycles. The standard InChI is InChI=1S/C15H20F2N2O3/c1-10-2-3-12(6-13(10)22-9-14(16)17)18-15(21)19-5-4-11(7-19)8-20/h2-3,6,11,14,20H,4-5,7-9H2,1H3,(H,18,21). The van der Waals surface area contributed by atoms with Crippen LogP contribution in [0.2, 0.25) is 0 Å². The number of carbonyl (C=O) groups is 1. The van der Waals surface area contributed by atoms with Crippen LogP contribution in [0.4, 0.5) is 19.3 Å². The summed E-state index contributed by atoms with van der Waals surface area (Å²) in [5.74, 6) is 0.446. The smallest absolute Gasteiger partial charge is 0.321 e. The third kappa shape index (κ3) is 4.30. The van der Waals surface area contributed by atoms with E-state index in [1.165, 1.54) is 6.07 Å². The van der Waals surface area contributed by atoms with Crippen molar-refractivity contribution in [3.63, 3.8) is 0 Å². The molecule has 1 atom stereocenters. The number of hydrogen-bond donors (Lipinski definition) is 2. The van der Waals surface area contributed by atoms with E-state index < -0.39 is 13.0 Å². The van der Waals surface area contributed by atoms with Crippen molar-refractivity contribution in [2.45, 2.75) is 19.8 Å². The molecule has 1 aliphatic rings. The number of amides is 2. The predicted octanol–water partition coefficient (Wildman–Crippen LogP) is 2.49. The van der Waals surface area contributed by atoms with Crippen LogP contribution in [0, 0.1) is 12.8 Å². The number of aliphatic hydroxyl groups excluding tert-OH is 1. The minimum atomic E-state index is -2.54. The molecule has 1 aromatic carbocycles. The number of carbonyl (C=O) groups excluding carboxylic acids is 1. The van der Waals surface area contributed by atoms with Gasteiger partial charge in [-0.05, 0) is 25.0 Å². The molecule has 1 aliphatic heterocycles. The topological polar surface area (TPSA) is 61.8 Å². The summed E-state index contributed by atoms with van der Waals surface area (Å²) in [6.07, 6.45) is -1.77. The number of ether oxygens (including phenoxy) is 1. The molecule has 0 bridgehead atoms. The van der Waals surface area contributed by atoms with Crippen LogP contribution < -0.4 is 10.1 Å². The number of aliphatic hydroxyl groups is 1. The van der Waals surface area contributed by atoms with Crippen molar-refractivity contribution < 1.29 is 23.4 Å². The van der Waals surface area contributed by atoms with E-state index in [0.29, 0.717) is 24.5 Å². The molecule has 1 unspecified atom stereocenters. The Morgan fingerprint density at radius 3 is 2.95 bits per heavy atom. The average molecular weight is 314 g/mol. The first-order valence-electron chi connectivity index (χ1n) is 7.18. The second-order valence-electron chi connectivity index (χ2n) is 5.40. The van der Waals surface area contributed by atoms with Gasteiger partial charge in [-0.3, -0.25) is 0 Å². The second kappa shape index (κ2) is 7.40. The van der Waals surface area contributed by atoms with Gasteiger partial charge < -0.3 is 20.1 Å². The van der Waals surface area contributed by atoms with E-state index in [1.807, 2.05) is 0 Å². The van der Waals surface area contributed by atoms with Gasteiger partial charge in [-0.15, -0.1) is 0 Å². The van der Waals surface area contributed by atoms with Crippen LogP contribution >= 0.6 is 0 Å². The molecule has 1 heterocycles. The molecule has 5 nitrogen and oxygen atoms in total. The maximum atomic E-state index is 12.2. The summed E-state index contributed by atoms with van der Waals surface area (Å²) in [6.45, 7) is 2.25. The van der Waals surface area contributed by atoms with Gasteiger partial charge in [-0.1, -0.05) is 6.07 Å². The number of nitrogens with zero attached hydrogens (tertiary/aromatic N) is 1. The number of anilines is 1. The lowest BCUT2D eigenvalue weighted by molar-refractivity contribution is 0.0816. The minimum absolute atomic E-state index is 0.0694. The van der Waals surface area contributed by atoms with E-state index in [4.69, 9.17) is 9.84 Å². The van der Waals surface area contributed by atoms with E-state index in [9.17, 15) is 13.6 Å². The van der Waals surface area contributed by atoms with Crippen LogP contribution in [-0.2, 0) is 0 Å². The molecular formula is C15H20F2N2O3. The normalized spacial score (nSPS) is 17.9. The summed E-state index contributed by atoms with van der Waals surface area (Å²) in [5.41, 5.74) is 1.22. The molecule has 1 fully saturated rings. The van der Waals surface area contributed by atoms with Crippen molar-refractivity contribution in [3.8, 4) is 5.75 Å². The predicted molar refractivity (Wildman–Crippen MR) is 78.5 cm³/mol. The van der Waals surface area contributed by atoms with Gasteiger partial charge in [-0.25, -0.2) is 13.6 Å². The quantitative estimate of drug-likeness (QED) is 0.878. The molecule has 2 rings (SSSR count). The molecule has 2 amide bonds. The van der Waals surface area contributed by atoms with Gasteiger partial charge in [0.05, 0.1) is 0 Å². The van der Waals surface area contributed by atoms with E-state index in [0.717, 1.165) is 12.0 Å². The third-order valence-corrected chi connectivity index (χ3v) is 3.64. The summed E-state index contributed by atoms with van der Waals surface area (Å²) in [7, 11) is 0. The Morgan fingerprint density at radius 1 is 1.55 bits per heavy atom. The van der Waals surface area contributed by atoms with Crippen LogP contribution in [0.5, 0.6) is 5.75 Å². The zero-order valence-electron chi connectivity index (χ0n) is 12.4. The average Bonchev–Trinajstić information content (AvgIpc) is 2.96. The van der Waals surface area contributed by atoms with E-state index in [2.05, 4.69) is 5.32 Å².